The number of alkyl carbamates (subject to hydrolysis) is 1. The zero-order chi connectivity index (χ0) is 24.4. The summed E-state index contributed by atoms with van der Waals surface area (Å²) in [4.78, 5) is 36.8. The summed E-state index contributed by atoms with van der Waals surface area (Å²) in [7, 11) is 0. The number of carbonyl (C=O) groups excluding carboxylic acids is 2. The number of aliphatic carboxylic acids is 1. The van der Waals surface area contributed by atoms with Crippen molar-refractivity contribution >= 4 is 18.0 Å². The summed E-state index contributed by atoms with van der Waals surface area (Å²) < 4.78 is 5.30. The molecule has 188 valence electrons. The van der Waals surface area contributed by atoms with Gasteiger partial charge in [-0.3, -0.25) is 4.79 Å². The van der Waals surface area contributed by atoms with Gasteiger partial charge < -0.3 is 20.5 Å². The molecule has 0 heterocycles. The third-order valence-electron chi connectivity index (χ3n) is 5.31. The van der Waals surface area contributed by atoms with Gasteiger partial charge in [0.05, 0.1) is 0 Å². The summed E-state index contributed by atoms with van der Waals surface area (Å²) in [6.45, 7) is 9.60. The fourth-order valence-electron chi connectivity index (χ4n) is 3.51. The molecule has 0 aromatic heterocycles. The van der Waals surface area contributed by atoms with Gasteiger partial charge in [0, 0.05) is 0 Å². The van der Waals surface area contributed by atoms with Crippen LogP contribution in [0.2, 0.25) is 0 Å². The first-order valence-corrected chi connectivity index (χ1v) is 12.6. The average molecular weight is 457 g/mol. The number of hydrogen-bond acceptors (Lipinski definition) is 4. The van der Waals surface area contributed by atoms with E-state index in [-0.39, 0.29) is 0 Å². The van der Waals surface area contributed by atoms with E-state index in [0.29, 0.717) is 12.8 Å². The normalized spacial score (nSPS) is 13.3. The van der Waals surface area contributed by atoms with Crippen molar-refractivity contribution in [1.29, 1.82) is 0 Å². The first-order chi connectivity index (χ1) is 15.1. The van der Waals surface area contributed by atoms with E-state index in [1.807, 2.05) is 0 Å². The first-order valence-electron chi connectivity index (χ1n) is 12.6. The van der Waals surface area contributed by atoms with Gasteiger partial charge in [0.2, 0.25) is 5.91 Å². The molecule has 0 radical (unpaired) electrons. The number of hydrogen-bond donors (Lipinski definition) is 3. The van der Waals surface area contributed by atoms with Crippen LogP contribution in [0.5, 0.6) is 0 Å². The van der Waals surface area contributed by atoms with Gasteiger partial charge in [-0.2, -0.15) is 0 Å². The van der Waals surface area contributed by atoms with Crippen LogP contribution in [0.3, 0.4) is 0 Å². The average Bonchev–Trinajstić information content (AvgIpc) is 2.69. The van der Waals surface area contributed by atoms with Crippen molar-refractivity contribution in [3.63, 3.8) is 0 Å². The van der Waals surface area contributed by atoms with Crippen LogP contribution in [0.4, 0.5) is 4.79 Å². The molecule has 0 aromatic rings. The predicted molar refractivity (Wildman–Crippen MR) is 129 cm³/mol. The van der Waals surface area contributed by atoms with E-state index < -0.39 is 35.7 Å². The number of nitrogens with one attached hydrogen (secondary N) is 2. The Bertz CT molecular complexity index is 531. The lowest BCUT2D eigenvalue weighted by Gasteiger charge is -2.24. The van der Waals surface area contributed by atoms with Crippen LogP contribution in [0.1, 0.15) is 125 Å². The van der Waals surface area contributed by atoms with Crippen LogP contribution in [0.25, 0.3) is 0 Å². The van der Waals surface area contributed by atoms with E-state index in [9.17, 15) is 19.5 Å². The molecule has 7 nitrogen and oxygen atoms in total. The lowest BCUT2D eigenvalue weighted by Crippen LogP contribution is -2.52. The second kappa shape index (κ2) is 17.7. The van der Waals surface area contributed by atoms with Crippen LogP contribution in [0, 0.1) is 0 Å². The molecule has 2 amide bonds. The molecular weight excluding hydrogens is 408 g/mol. The van der Waals surface area contributed by atoms with Gasteiger partial charge in [-0.1, -0.05) is 90.9 Å². The van der Waals surface area contributed by atoms with E-state index in [4.69, 9.17) is 4.74 Å². The van der Waals surface area contributed by atoms with Crippen LogP contribution < -0.4 is 10.6 Å². The highest BCUT2D eigenvalue weighted by atomic mass is 16.6. The number of amides is 2. The number of carboxylic acids is 1. The third-order valence-corrected chi connectivity index (χ3v) is 5.31. The minimum Gasteiger partial charge on any atom is -0.480 e. The maximum absolute atomic E-state index is 12.9. The molecular formula is C25H48N2O5. The SMILES string of the molecule is CCCCCCCCC(NC(=O)C(CCCCCCCC)NC(=O)OC(C)(C)C)C(=O)O. The molecule has 0 bridgehead atoms. The van der Waals surface area contributed by atoms with Gasteiger partial charge in [0.15, 0.2) is 0 Å². The van der Waals surface area contributed by atoms with Crippen molar-refractivity contribution in [2.24, 2.45) is 0 Å². The molecule has 0 spiro atoms. The fraction of sp³-hybridized carbons (Fsp3) is 0.880. The van der Waals surface area contributed by atoms with E-state index in [0.717, 1.165) is 51.4 Å². The van der Waals surface area contributed by atoms with Gasteiger partial charge in [-0.15, -0.1) is 0 Å². The van der Waals surface area contributed by atoms with Gasteiger partial charge in [0.25, 0.3) is 0 Å². The lowest BCUT2D eigenvalue weighted by molar-refractivity contribution is -0.142. The summed E-state index contributed by atoms with van der Waals surface area (Å²) in [5.74, 6) is -1.50. The summed E-state index contributed by atoms with van der Waals surface area (Å²) >= 11 is 0. The Labute approximate surface area is 195 Å². The second-order valence-corrected chi connectivity index (χ2v) is 9.71. The Morgan fingerprint density at radius 2 is 1.16 bits per heavy atom. The topological polar surface area (TPSA) is 105 Å². The monoisotopic (exact) mass is 456 g/mol. The minimum absolute atomic E-state index is 0.392. The molecule has 3 N–H and O–H groups in total. The lowest BCUT2D eigenvalue weighted by atomic mass is 10.0. The number of rotatable bonds is 18. The first kappa shape index (κ1) is 30.2. The molecule has 0 aromatic carbocycles. The molecule has 0 aliphatic rings. The summed E-state index contributed by atoms with van der Waals surface area (Å²) in [6.07, 6.45) is 12.8. The quantitative estimate of drug-likeness (QED) is 0.221. The van der Waals surface area contributed by atoms with E-state index in [2.05, 4.69) is 24.5 Å². The third kappa shape index (κ3) is 16.8. The van der Waals surface area contributed by atoms with Crippen molar-refractivity contribution < 1.29 is 24.2 Å². The Morgan fingerprint density at radius 1 is 0.719 bits per heavy atom. The predicted octanol–water partition coefficient (Wildman–Crippen LogP) is 5.95. The van der Waals surface area contributed by atoms with Crippen LogP contribution in [-0.2, 0) is 14.3 Å². The number of carboxylic acid groups (broad SMARTS) is 1. The van der Waals surface area contributed by atoms with E-state index >= 15 is 0 Å². The second-order valence-electron chi connectivity index (χ2n) is 9.71. The van der Waals surface area contributed by atoms with Crippen LogP contribution in [0.15, 0.2) is 0 Å². The van der Waals surface area contributed by atoms with Crippen molar-refractivity contribution in [3.05, 3.63) is 0 Å². The molecule has 7 heteroatoms. The summed E-state index contributed by atoms with van der Waals surface area (Å²) in [5.41, 5.74) is -0.674. The Balaban J connectivity index is 4.80. The van der Waals surface area contributed by atoms with Crippen molar-refractivity contribution in [2.75, 3.05) is 0 Å². The number of carbonyl (C=O) groups is 3. The van der Waals surface area contributed by atoms with Crippen molar-refractivity contribution in [2.45, 2.75) is 142 Å². The Kier molecular flexibility index (Phi) is 16.7. The van der Waals surface area contributed by atoms with Gasteiger partial charge >= 0.3 is 12.1 Å². The zero-order valence-electron chi connectivity index (χ0n) is 21.1. The van der Waals surface area contributed by atoms with E-state index in [1.54, 1.807) is 20.8 Å². The molecule has 2 unspecified atom stereocenters. The molecule has 0 saturated carbocycles. The maximum atomic E-state index is 12.9. The largest absolute Gasteiger partial charge is 0.480 e. The Hall–Kier alpha value is -1.79. The zero-order valence-corrected chi connectivity index (χ0v) is 21.1. The molecule has 2 atom stereocenters. The highest BCUT2D eigenvalue weighted by Crippen LogP contribution is 2.13. The molecule has 0 rings (SSSR count). The van der Waals surface area contributed by atoms with E-state index in [1.165, 1.54) is 25.7 Å². The fourth-order valence-corrected chi connectivity index (χ4v) is 3.51. The van der Waals surface area contributed by atoms with Crippen molar-refractivity contribution in [3.8, 4) is 0 Å². The minimum atomic E-state index is -1.04. The smallest absolute Gasteiger partial charge is 0.408 e. The van der Waals surface area contributed by atoms with Crippen molar-refractivity contribution in [1.82, 2.24) is 10.6 Å². The summed E-state index contributed by atoms with van der Waals surface area (Å²) in [6, 6.07) is -1.75. The van der Waals surface area contributed by atoms with Gasteiger partial charge in [0.1, 0.15) is 17.7 Å². The van der Waals surface area contributed by atoms with Crippen LogP contribution in [-0.4, -0.2) is 40.8 Å². The summed E-state index contributed by atoms with van der Waals surface area (Å²) in [5, 5.41) is 14.8. The standard InChI is InChI=1S/C25H48N2O5/c1-6-8-10-12-14-16-18-20(27-24(31)32-25(3,4)5)22(28)26-21(23(29)30)19-17-15-13-11-9-7-2/h20-21H,6-19H2,1-5H3,(H,26,28)(H,27,31)(H,29,30). The molecule has 0 aliphatic heterocycles. The number of unbranched alkanes of at least 4 members (excludes halogenated alkanes) is 10. The number of ether oxygens (including phenoxy) is 1. The van der Waals surface area contributed by atoms with Gasteiger partial charge in [-0.05, 0) is 33.6 Å². The molecule has 0 saturated heterocycles. The van der Waals surface area contributed by atoms with Crippen LogP contribution >= 0.6 is 0 Å². The highest BCUT2D eigenvalue weighted by molar-refractivity contribution is 5.89. The molecule has 0 fully saturated rings. The van der Waals surface area contributed by atoms with Gasteiger partial charge in [-0.25, -0.2) is 9.59 Å². The molecule has 32 heavy (non-hydrogen) atoms. The Morgan fingerprint density at radius 3 is 1.59 bits per heavy atom. The highest BCUT2D eigenvalue weighted by Gasteiger charge is 2.27. The maximum Gasteiger partial charge on any atom is 0.408 e. The molecule has 0 aliphatic carbocycles.